The summed E-state index contributed by atoms with van der Waals surface area (Å²) in [6.45, 7) is -4.52. The third kappa shape index (κ3) is 2.91. The van der Waals surface area contributed by atoms with Crippen LogP contribution in [-0.2, 0) is 4.74 Å². The molecule has 1 atom stereocenters. The lowest BCUT2D eigenvalue weighted by Crippen LogP contribution is -2.36. The molecular formula is C10H10BF4O2-. The molecule has 7 heteroatoms. The topological polar surface area (TPSA) is 18.5 Å². The van der Waals surface area contributed by atoms with Gasteiger partial charge in [-0.3, -0.25) is 0 Å². The van der Waals surface area contributed by atoms with Crippen molar-refractivity contribution < 1.29 is 26.8 Å². The molecule has 17 heavy (non-hydrogen) atoms. The quantitative estimate of drug-likeness (QED) is 0.602. The van der Waals surface area contributed by atoms with E-state index in [2.05, 4.69) is 0 Å². The van der Waals surface area contributed by atoms with Crippen LogP contribution in [0.4, 0.5) is 17.3 Å². The van der Waals surface area contributed by atoms with Crippen molar-refractivity contribution in [2.45, 2.75) is 12.5 Å². The van der Waals surface area contributed by atoms with Crippen LogP contribution in [-0.4, -0.2) is 26.3 Å². The highest BCUT2D eigenvalue weighted by Gasteiger charge is 2.30. The first kappa shape index (κ1) is 12.2. The minimum Gasteiger partial charge on any atom is -0.491 e. The molecule has 1 unspecified atom stereocenters. The zero-order valence-corrected chi connectivity index (χ0v) is 8.84. The summed E-state index contributed by atoms with van der Waals surface area (Å²) in [6, 6.07) is 2.26. The summed E-state index contributed by atoms with van der Waals surface area (Å²) in [4.78, 5) is 0. The minimum absolute atomic E-state index is 0.237. The fraction of sp³-hybridized carbons (Fsp3) is 0.400. The zero-order valence-electron chi connectivity index (χ0n) is 8.84. The fourth-order valence-electron chi connectivity index (χ4n) is 1.67. The summed E-state index contributed by atoms with van der Waals surface area (Å²) < 4.78 is 61.1. The van der Waals surface area contributed by atoms with E-state index in [1.165, 1.54) is 0 Å². The van der Waals surface area contributed by atoms with E-state index in [4.69, 9.17) is 9.47 Å². The molecule has 94 valence electrons. The van der Waals surface area contributed by atoms with Gasteiger partial charge in [-0.05, 0) is 6.07 Å². The monoisotopic (exact) mass is 249 g/mol. The van der Waals surface area contributed by atoms with Crippen molar-refractivity contribution in [3.63, 3.8) is 0 Å². The van der Waals surface area contributed by atoms with Crippen LogP contribution in [0.25, 0.3) is 0 Å². The molecule has 1 aromatic rings. The van der Waals surface area contributed by atoms with Gasteiger partial charge in [0.2, 0.25) is 0 Å². The first-order valence-electron chi connectivity index (χ1n) is 5.20. The maximum absolute atomic E-state index is 12.9. The summed E-state index contributed by atoms with van der Waals surface area (Å²) >= 11 is 0. The van der Waals surface area contributed by atoms with Crippen LogP contribution < -0.4 is 10.2 Å². The maximum Gasteiger partial charge on any atom is 0.513 e. The minimum atomic E-state index is -5.21. The number of rotatable bonds is 3. The van der Waals surface area contributed by atoms with Gasteiger partial charge in [0.15, 0.2) is 0 Å². The number of halogens is 4. The second-order valence-corrected chi connectivity index (χ2v) is 3.86. The molecule has 1 aromatic carbocycles. The van der Waals surface area contributed by atoms with E-state index in [9.17, 15) is 17.3 Å². The van der Waals surface area contributed by atoms with Crippen LogP contribution in [0.15, 0.2) is 18.2 Å². The molecule has 1 aliphatic heterocycles. The molecule has 0 saturated carbocycles. The zero-order chi connectivity index (χ0) is 12.5. The second-order valence-electron chi connectivity index (χ2n) is 3.86. The summed E-state index contributed by atoms with van der Waals surface area (Å²) in [5.74, 6) is -1.20. The van der Waals surface area contributed by atoms with Crippen LogP contribution >= 0.6 is 0 Å². The molecular weight excluding hydrogens is 239 g/mol. The smallest absolute Gasteiger partial charge is 0.491 e. The normalized spacial score (nSPS) is 20.6. The Morgan fingerprint density at radius 3 is 2.65 bits per heavy atom. The van der Waals surface area contributed by atoms with Crippen molar-refractivity contribution in [1.82, 2.24) is 0 Å². The van der Waals surface area contributed by atoms with Crippen molar-refractivity contribution in [3.05, 3.63) is 24.0 Å². The number of ether oxygens (including phenoxy) is 2. The Bertz CT molecular complexity index is 402. The molecule has 1 aliphatic rings. The van der Waals surface area contributed by atoms with Gasteiger partial charge in [-0.15, -0.1) is 0 Å². The highest BCUT2D eigenvalue weighted by molar-refractivity contribution is 6.74. The molecule has 0 spiro atoms. The standard InChI is InChI=1S/C10H10BF4O2/c12-7-1-2-9(11(13,14)15)10(5-7)17-8-3-4-16-6-8/h1-2,5,8H,3-4,6H2/q-1. The van der Waals surface area contributed by atoms with Crippen molar-refractivity contribution in [2.24, 2.45) is 0 Å². The second kappa shape index (κ2) is 4.56. The van der Waals surface area contributed by atoms with Crippen LogP contribution in [0.2, 0.25) is 0 Å². The van der Waals surface area contributed by atoms with Gasteiger partial charge in [0.05, 0.1) is 19.0 Å². The van der Waals surface area contributed by atoms with Crippen molar-refractivity contribution in [2.75, 3.05) is 13.2 Å². The molecule has 2 rings (SSSR count). The first-order valence-corrected chi connectivity index (χ1v) is 5.20. The Morgan fingerprint density at radius 2 is 2.06 bits per heavy atom. The summed E-state index contributed by atoms with van der Waals surface area (Å²) in [7, 11) is 0. The molecule has 0 aliphatic carbocycles. The van der Waals surface area contributed by atoms with E-state index in [1.807, 2.05) is 0 Å². The van der Waals surface area contributed by atoms with Crippen molar-refractivity contribution in [3.8, 4) is 5.75 Å². The van der Waals surface area contributed by atoms with E-state index in [-0.39, 0.29) is 6.61 Å². The fourth-order valence-corrected chi connectivity index (χ4v) is 1.67. The van der Waals surface area contributed by atoms with Gasteiger partial charge >= 0.3 is 6.98 Å². The van der Waals surface area contributed by atoms with Crippen molar-refractivity contribution in [1.29, 1.82) is 0 Å². The molecule has 1 fully saturated rings. The lowest BCUT2D eigenvalue weighted by Gasteiger charge is -2.22. The summed E-state index contributed by atoms with van der Waals surface area (Å²) in [6.07, 6.45) is 0.0783. The van der Waals surface area contributed by atoms with Gasteiger partial charge in [0.1, 0.15) is 11.9 Å². The molecule has 0 bridgehead atoms. The highest BCUT2D eigenvalue weighted by atomic mass is 19.4. The van der Waals surface area contributed by atoms with Crippen LogP contribution in [0, 0.1) is 5.82 Å². The molecule has 2 nitrogen and oxygen atoms in total. The molecule has 0 amide bonds. The van der Waals surface area contributed by atoms with Gasteiger partial charge in [0.25, 0.3) is 0 Å². The van der Waals surface area contributed by atoms with E-state index in [0.29, 0.717) is 19.1 Å². The third-order valence-electron chi connectivity index (χ3n) is 2.51. The average Bonchev–Trinajstić information content (AvgIpc) is 2.68. The van der Waals surface area contributed by atoms with Gasteiger partial charge < -0.3 is 22.4 Å². The molecule has 0 aromatic heterocycles. The van der Waals surface area contributed by atoms with E-state index < -0.39 is 30.1 Å². The van der Waals surface area contributed by atoms with Crippen LogP contribution in [0.5, 0.6) is 5.75 Å². The SMILES string of the molecule is Fc1ccc([B-](F)(F)F)c(OC2CCOC2)c1. The molecule has 0 radical (unpaired) electrons. The van der Waals surface area contributed by atoms with Crippen molar-refractivity contribution >= 4 is 12.4 Å². The molecule has 0 N–H and O–H groups in total. The Morgan fingerprint density at radius 1 is 1.29 bits per heavy atom. The molecule has 1 heterocycles. The van der Waals surface area contributed by atoms with Gasteiger partial charge in [-0.2, -0.15) is 0 Å². The van der Waals surface area contributed by atoms with Gasteiger partial charge in [-0.1, -0.05) is 11.5 Å². The molecule has 1 saturated heterocycles. The van der Waals surface area contributed by atoms with Crippen LogP contribution in [0.3, 0.4) is 0 Å². The predicted molar refractivity (Wildman–Crippen MR) is 55.0 cm³/mol. The Kier molecular flexibility index (Phi) is 3.28. The first-order chi connectivity index (χ1) is 7.97. The predicted octanol–water partition coefficient (Wildman–Crippen LogP) is 2.05. The summed E-state index contributed by atoms with van der Waals surface area (Å²) in [5.41, 5.74) is -0.904. The van der Waals surface area contributed by atoms with Gasteiger partial charge in [0, 0.05) is 12.5 Å². The van der Waals surface area contributed by atoms with E-state index in [0.717, 1.165) is 12.1 Å². The Labute approximate surface area is 95.6 Å². The maximum atomic E-state index is 12.9. The van der Waals surface area contributed by atoms with E-state index in [1.54, 1.807) is 0 Å². The Hall–Kier alpha value is -1.24. The largest absolute Gasteiger partial charge is 0.513 e. The number of hydrogen-bond acceptors (Lipinski definition) is 2. The third-order valence-corrected chi connectivity index (χ3v) is 2.51. The van der Waals surface area contributed by atoms with E-state index >= 15 is 0 Å². The highest BCUT2D eigenvalue weighted by Crippen LogP contribution is 2.21. The Balaban J connectivity index is 2.26. The lowest BCUT2D eigenvalue weighted by atomic mass is 9.79. The van der Waals surface area contributed by atoms with Gasteiger partial charge in [-0.25, -0.2) is 4.39 Å². The average molecular weight is 249 g/mol. The van der Waals surface area contributed by atoms with Crippen LogP contribution in [0.1, 0.15) is 6.42 Å². The number of hydrogen-bond donors (Lipinski definition) is 0. The number of benzene rings is 1. The lowest BCUT2D eigenvalue weighted by molar-refractivity contribution is 0.141. The summed E-state index contributed by atoms with van der Waals surface area (Å²) in [5, 5.41) is 0.